The molecule has 0 amide bonds. The highest BCUT2D eigenvalue weighted by molar-refractivity contribution is 5.34. The Balaban J connectivity index is 1.57. The van der Waals surface area contributed by atoms with Crippen LogP contribution in [-0.4, -0.2) is 28.3 Å². The first-order valence-electron chi connectivity index (χ1n) is 7.96. The molecule has 1 aromatic carbocycles. The Hall–Kier alpha value is -2.80. The summed E-state index contributed by atoms with van der Waals surface area (Å²) in [5, 5.41) is 4.13. The van der Waals surface area contributed by atoms with E-state index >= 15 is 0 Å². The lowest BCUT2D eigenvalue weighted by Crippen LogP contribution is -2.29. The van der Waals surface area contributed by atoms with Crippen LogP contribution in [0.25, 0.3) is 0 Å². The van der Waals surface area contributed by atoms with E-state index in [-0.39, 0.29) is 12.4 Å². The van der Waals surface area contributed by atoms with Crippen molar-refractivity contribution in [2.45, 2.75) is 18.4 Å². The van der Waals surface area contributed by atoms with Crippen LogP contribution in [0.1, 0.15) is 23.7 Å². The van der Waals surface area contributed by atoms with Gasteiger partial charge in [-0.05, 0) is 36.2 Å². The van der Waals surface area contributed by atoms with Gasteiger partial charge in [0.15, 0.2) is 12.4 Å². The number of aromatic nitrogens is 3. The lowest BCUT2D eigenvalue weighted by molar-refractivity contribution is 0.182. The van der Waals surface area contributed by atoms with Gasteiger partial charge in [0.25, 0.3) is 5.89 Å². The number of benzene rings is 1. The van der Waals surface area contributed by atoms with Gasteiger partial charge < -0.3 is 14.0 Å². The van der Waals surface area contributed by atoms with Crippen LogP contribution in [0, 0.1) is 5.82 Å². The summed E-state index contributed by atoms with van der Waals surface area (Å²) in [6, 6.07) is 9.94. The van der Waals surface area contributed by atoms with E-state index in [0.717, 1.165) is 5.56 Å². The van der Waals surface area contributed by atoms with E-state index in [1.165, 1.54) is 12.1 Å². The van der Waals surface area contributed by atoms with E-state index < -0.39 is 5.41 Å². The van der Waals surface area contributed by atoms with Crippen LogP contribution >= 0.6 is 0 Å². The molecule has 0 aliphatic carbocycles. The predicted molar refractivity (Wildman–Crippen MR) is 85.5 cm³/mol. The Labute approximate surface area is 143 Å². The fourth-order valence-electron chi connectivity index (χ4n) is 2.95. The topological polar surface area (TPSA) is 70.3 Å². The second-order valence-electron chi connectivity index (χ2n) is 5.88. The van der Waals surface area contributed by atoms with E-state index in [1.54, 1.807) is 36.7 Å². The zero-order chi connectivity index (χ0) is 17.1. The third-order valence-electron chi connectivity index (χ3n) is 4.31. The van der Waals surface area contributed by atoms with Gasteiger partial charge in [0.1, 0.15) is 11.6 Å². The van der Waals surface area contributed by atoms with Crippen molar-refractivity contribution in [2.24, 2.45) is 0 Å². The first-order chi connectivity index (χ1) is 12.3. The van der Waals surface area contributed by atoms with Gasteiger partial charge in [-0.25, -0.2) is 4.39 Å². The maximum absolute atomic E-state index is 13.3. The smallest absolute Gasteiger partial charge is 0.264 e. The molecule has 0 saturated carbocycles. The molecule has 4 rings (SSSR count). The van der Waals surface area contributed by atoms with Gasteiger partial charge in [-0.3, -0.25) is 4.98 Å². The summed E-state index contributed by atoms with van der Waals surface area (Å²) < 4.78 is 29.8. The Kier molecular flexibility index (Phi) is 4.15. The number of hydrogen-bond acceptors (Lipinski definition) is 6. The number of pyridine rings is 1. The van der Waals surface area contributed by atoms with Crippen LogP contribution in [0.3, 0.4) is 0 Å². The Bertz CT molecular complexity index is 830. The molecule has 0 N–H and O–H groups in total. The Morgan fingerprint density at radius 3 is 2.80 bits per heavy atom. The summed E-state index contributed by atoms with van der Waals surface area (Å²) in [5.41, 5.74) is 0.385. The number of rotatable bonds is 5. The molecule has 1 atom stereocenters. The van der Waals surface area contributed by atoms with Crippen molar-refractivity contribution >= 4 is 0 Å². The first-order valence-corrected chi connectivity index (χ1v) is 7.96. The lowest BCUT2D eigenvalue weighted by Gasteiger charge is -2.23. The highest BCUT2D eigenvalue weighted by Crippen LogP contribution is 2.38. The van der Waals surface area contributed by atoms with Crippen LogP contribution in [0.4, 0.5) is 4.39 Å². The van der Waals surface area contributed by atoms with Crippen molar-refractivity contribution in [1.29, 1.82) is 0 Å². The molecule has 3 aromatic rings. The minimum absolute atomic E-state index is 0.152. The molecule has 3 heterocycles. The van der Waals surface area contributed by atoms with Crippen molar-refractivity contribution in [1.82, 2.24) is 15.1 Å². The normalized spacial score (nSPS) is 19.9. The Morgan fingerprint density at radius 2 is 2.08 bits per heavy atom. The molecule has 7 heteroatoms. The second-order valence-corrected chi connectivity index (χ2v) is 5.88. The van der Waals surface area contributed by atoms with E-state index in [9.17, 15) is 4.39 Å². The van der Waals surface area contributed by atoms with Gasteiger partial charge in [0.05, 0.1) is 18.2 Å². The molecule has 0 unspecified atom stereocenters. The quantitative estimate of drug-likeness (QED) is 0.711. The summed E-state index contributed by atoms with van der Waals surface area (Å²) in [6.45, 7) is 1.17. The molecule has 0 radical (unpaired) electrons. The summed E-state index contributed by atoms with van der Waals surface area (Å²) >= 11 is 0. The van der Waals surface area contributed by atoms with Gasteiger partial charge in [-0.2, -0.15) is 4.98 Å². The number of nitrogens with zero attached hydrogens (tertiary/aromatic N) is 3. The van der Waals surface area contributed by atoms with E-state index in [0.29, 0.717) is 37.1 Å². The molecular formula is C18H16FN3O3. The third-order valence-corrected chi connectivity index (χ3v) is 4.31. The fourth-order valence-corrected chi connectivity index (χ4v) is 2.95. The summed E-state index contributed by atoms with van der Waals surface area (Å²) in [4.78, 5) is 8.47. The van der Waals surface area contributed by atoms with E-state index in [1.807, 2.05) is 0 Å². The average Bonchev–Trinajstić information content (AvgIpc) is 3.32. The van der Waals surface area contributed by atoms with Crippen molar-refractivity contribution in [2.75, 3.05) is 13.2 Å². The molecule has 0 bridgehead atoms. The third kappa shape index (κ3) is 3.10. The molecule has 25 heavy (non-hydrogen) atoms. The molecule has 0 spiro atoms. The highest BCUT2D eigenvalue weighted by atomic mass is 19.1. The molecule has 1 aliphatic heterocycles. The van der Waals surface area contributed by atoms with Crippen LogP contribution < -0.4 is 4.74 Å². The van der Waals surface area contributed by atoms with Crippen LogP contribution in [0.2, 0.25) is 0 Å². The molecule has 128 valence electrons. The molecule has 1 aliphatic rings. The largest absolute Gasteiger partial charge is 0.482 e. The van der Waals surface area contributed by atoms with Crippen molar-refractivity contribution in [3.63, 3.8) is 0 Å². The van der Waals surface area contributed by atoms with Gasteiger partial charge in [0, 0.05) is 12.8 Å². The van der Waals surface area contributed by atoms with Crippen molar-refractivity contribution < 1.29 is 18.4 Å². The number of halogens is 1. The van der Waals surface area contributed by atoms with Crippen LogP contribution in [-0.2, 0) is 16.8 Å². The zero-order valence-electron chi connectivity index (χ0n) is 13.4. The highest BCUT2D eigenvalue weighted by Gasteiger charge is 2.42. The van der Waals surface area contributed by atoms with Gasteiger partial charge >= 0.3 is 0 Å². The first kappa shape index (κ1) is 15.7. The molecule has 1 saturated heterocycles. The standard InChI is InChI=1S/C18H16FN3O3/c19-14-5-3-13(4-6-14)18(7-9-23-12-18)17-21-16(25-22-17)11-24-15-2-1-8-20-10-15/h1-6,8,10H,7,9,11-12H2/t18-/m0/s1. The average molecular weight is 341 g/mol. The van der Waals surface area contributed by atoms with Gasteiger partial charge in [-0.1, -0.05) is 17.3 Å². The number of ether oxygens (including phenoxy) is 2. The van der Waals surface area contributed by atoms with Crippen LogP contribution in [0.15, 0.2) is 53.3 Å². The summed E-state index contributed by atoms with van der Waals surface area (Å²) in [6.07, 6.45) is 3.99. The summed E-state index contributed by atoms with van der Waals surface area (Å²) in [7, 11) is 0. The lowest BCUT2D eigenvalue weighted by atomic mass is 9.79. The maximum atomic E-state index is 13.3. The number of hydrogen-bond donors (Lipinski definition) is 0. The van der Waals surface area contributed by atoms with Gasteiger partial charge in [-0.15, -0.1) is 0 Å². The van der Waals surface area contributed by atoms with Crippen molar-refractivity contribution in [3.05, 3.63) is 71.9 Å². The predicted octanol–water partition coefficient (Wildman–Crippen LogP) is 2.89. The molecule has 6 nitrogen and oxygen atoms in total. The molecule has 1 fully saturated rings. The SMILES string of the molecule is Fc1ccc([C@]2(c3noc(COc4cccnc4)n3)CCOC2)cc1. The maximum Gasteiger partial charge on any atom is 0.264 e. The monoisotopic (exact) mass is 341 g/mol. The van der Waals surface area contributed by atoms with Crippen LogP contribution in [0.5, 0.6) is 5.75 Å². The second kappa shape index (κ2) is 6.60. The minimum atomic E-state index is -0.524. The fraction of sp³-hybridized carbons (Fsp3) is 0.278. The molecular weight excluding hydrogens is 325 g/mol. The van der Waals surface area contributed by atoms with Gasteiger partial charge in [0.2, 0.25) is 0 Å². The minimum Gasteiger partial charge on any atom is -0.482 e. The zero-order valence-corrected chi connectivity index (χ0v) is 13.4. The van der Waals surface area contributed by atoms with Crippen molar-refractivity contribution in [3.8, 4) is 5.75 Å². The van der Waals surface area contributed by atoms with E-state index in [4.69, 9.17) is 14.0 Å². The molecule has 2 aromatic heterocycles. The van der Waals surface area contributed by atoms with E-state index in [2.05, 4.69) is 15.1 Å². The Morgan fingerprint density at radius 1 is 1.20 bits per heavy atom. The summed E-state index contributed by atoms with van der Waals surface area (Å²) in [5.74, 6) is 1.24.